The number of hydrogen-bond donors (Lipinski definition) is 0. The number of rotatable bonds is 2. The Morgan fingerprint density at radius 3 is 2.64 bits per heavy atom. The molecule has 4 rings (SSSR count). The van der Waals surface area contributed by atoms with Crippen molar-refractivity contribution in [3.05, 3.63) is 54.6 Å². The van der Waals surface area contributed by atoms with E-state index in [9.17, 15) is 0 Å². The van der Waals surface area contributed by atoms with Crippen molar-refractivity contribution in [1.82, 2.24) is 34.8 Å². The third kappa shape index (κ3) is 1.99. The molecule has 0 aliphatic rings. The first-order valence-corrected chi connectivity index (χ1v) is 6.75. The Hall–Kier alpha value is -3.22. The van der Waals surface area contributed by atoms with Crippen LogP contribution in [0.2, 0.25) is 0 Å². The molecule has 4 aromatic rings. The van der Waals surface area contributed by atoms with Crippen LogP contribution in [0, 0.1) is 6.92 Å². The van der Waals surface area contributed by atoms with Gasteiger partial charge in [-0.2, -0.15) is 9.50 Å². The summed E-state index contributed by atoms with van der Waals surface area (Å²) in [7, 11) is 0. The first-order valence-electron chi connectivity index (χ1n) is 6.75. The van der Waals surface area contributed by atoms with Crippen LogP contribution >= 0.6 is 0 Å². The number of aryl methyl sites for hydroxylation is 1. The van der Waals surface area contributed by atoms with Crippen LogP contribution in [0.4, 0.5) is 0 Å². The van der Waals surface area contributed by atoms with Crippen LogP contribution in [-0.4, -0.2) is 34.8 Å². The molecule has 3 heterocycles. The summed E-state index contributed by atoms with van der Waals surface area (Å²) in [6.07, 6.45) is 3.15. The van der Waals surface area contributed by atoms with Crippen LogP contribution in [0.25, 0.3) is 28.6 Å². The predicted octanol–water partition coefficient (Wildman–Crippen LogP) is 1.95. The van der Waals surface area contributed by atoms with Gasteiger partial charge in [-0.05, 0) is 13.0 Å². The Balaban J connectivity index is 1.89. The average molecular weight is 289 g/mol. The summed E-state index contributed by atoms with van der Waals surface area (Å²) >= 11 is 0. The monoisotopic (exact) mass is 289 g/mol. The number of aromatic nitrogens is 7. The number of benzene rings is 1. The van der Waals surface area contributed by atoms with Crippen molar-refractivity contribution >= 4 is 5.78 Å². The molecule has 7 heteroatoms. The molecule has 0 saturated carbocycles. The van der Waals surface area contributed by atoms with Gasteiger partial charge in [0.05, 0.1) is 11.4 Å². The average Bonchev–Trinajstić information content (AvgIpc) is 3.02. The molecule has 0 spiro atoms. The van der Waals surface area contributed by atoms with Crippen LogP contribution in [-0.2, 0) is 0 Å². The lowest BCUT2D eigenvalue weighted by Gasteiger charge is -2.03. The summed E-state index contributed by atoms with van der Waals surface area (Å²) in [4.78, 5) is 12.5. The zero-order chi connectivity index (χ0) is 14.9. The molecule has 0 unspecified atom stereocenters. The Kier molecular flexibility index (Phi) is 2.82. The maximum atomic E-state index is 4.53. The number of nitrogens with zero attached hydrogens (tertiary/aromatic N) is 7. The van der Waals surface area contributed by atoms with Crippen LogP contribution in [0.1, 0.15) is 5.69 Å². The molecule has 0 bridgehead atoms. The minimum Gasteiger partial charge on any atom is -0.245 e. The molecule has 106 valence electrons. The second kappa shape index (κ2) is 4.96. The van der Waals surface area contributed by atoms with E-state index >= 15 is 0 Å². The summed E-state index contributed by atoms with van der Waals surface area (Å²) in [5.74, 6) is 1.09. The SMILES string of the molecule is Cc1c(-c2ccncn2)nnc2nc(-c3ccccc3)nn12. The van der Waals surface area contributed by atoms with Gasteiger partial charge in [0.25, 0.3) is 5.78 Å². The molecule has 0 atom stereocenters. The zero-order valence-corrected chi connectivity index (χ0v) is 11.7. The highest BCUT2D eigenvalue weighted by Gasteiger charge is 2.14. The molecule has 22 heavy (non-hydrogen) atoms. The van der Waals surface area contributed by atoms with E-state index in [2.05, 4.69) is 30.2 Å². The highest BCUT2D eigenvalue weighted by Crippen LogP contribution is 2.20. The van der Waals surface area contributed by atoms with Gasteiger partial charge in [-0.3, -0.25) is 0 Å². The summed E-state index contributed by atoms with van der Waals surface area (Å²) in [5.41, 5.74) is 3.15. The third-order valence-electron chi connectivity index (χ3n) is 3.35. The van der Waals surface area contributed by atoms with Crippen LogP contribution in [0.15, 0.2) is 48.9 Å². The first kappa shape index (κ1) is 12.5. The molecule has 0 fully saturated rings. The molecule has 0 N–H and O–H groups in total. The topological polar surface area (TPSA) is 81.8 Å². The third-order valence-corrected chi connectivity index (χ3v) is 3.35. The van der Waals surface area contributed by atoms with Gasteiger partial charge in [0, 0.05) is 11.8 Å². The van der Waals surface area contributed by atoms with E-state index in [1.807, 2.05) is 37.3 Å². The maximum absolute atomic E-state index is 4.53. The minimum absolute atomic E-state index is 0.467. The highest BCUT2D eigenvalue weighted by molar-refractivity contribution is 5.59. The van der Waals surface area contributed by atoms with Crippen LogP contribution in [0.3, 0.4) is 0 Å². The van der Waals surface area contributed by atoms with Crippen LogP contribution < -0.4 is 0 Å². The molecule has 3 aromatic heterocycles. The van der Waals surface area contributed by atoms with Crippen molar-refractivity contribution in [2.45, 2.75) is 6.92 Å². The molecular formula is C15H11N7. The number of hydrogen-bond acceptors (Lipinski definition) is 6. The van der Waals surface area contributed by atoms with Gasteiger partial charge >= 0.3 is 0 Å². The van der Waals surface area contributed by atoms with Gasteiger partial charge in [-0.15, -0.1) is 15.3 Å². The van der Waals surface area contributed by atoms with Gasteiger partial charge < -0.3 is 0 Å². The maximum Gasteiger partial charge on any atom is 0.272 e. The summed E-state index contributed by atoms with van der Waals surface area (Å²) in [5, 5.41) is 12.9. The first-order chi connectivity index (χ1) is 10.8. The van der Waals surface area contributed by atoms with Gasteiger partial charge in [0.1, 0.15) is 12.0 Å². The second-order valence-corrected chi connectivity index (χ2v) is 4.74. The Labute approximate surface area is 125 Å². The Morgan fingerprint density at radius 1 is 1.00 bits per heavy atom. The molecule has 0 radical (unpaired) electrons. The largest absolute Gasteiger partial charge is 0.272 e. The molecule has 0 aliphatic carbocycles. The van der Waals surface area contributed by atoms with Gasteiger partial charge in [0.2, 0.25) is 0 Å². The fourth-order valence-corrected chi connectivity index (χ4v) is 2.24. The quantitative estimate of drug-likeness (QED) is 0.561. The van der Waals surface area contributed by atoms with E-state index < -0.39 is 0 Å². The van der Waals surface area contributed by atoms with E-state index in [1.165, 1.54) is 6.33 Å². The van der Waals surface area contributed by atoms with Crippen molar-refractivity contribution in [1.29, 1.82) is 0 Å². The molecule has 0 aliphatic heterocycles. The summed E-state index contributed by atoms with van der Waals surface area (Å²) in [6, 6.07) is 11.6. The Morgan fingerprint density at radius 2 is 1.86 bits per heavy atom. The summed E-state index contributed by atoms with van der Waals surface area (Å²) in [6.45, 7) is 1.92. The molecule has 1 aromatic carbocycles. The summed E-state index contributed by atoms with van der Waals surface area (Å²) < 4.78 is 1.69. The second-order valence-electron chi connectivity index (χ2n) is 4.74. The van der Waals surface area contributed by atoms with Crippen molar-refractivity contribution in [2.75, 3.05) is 0 Å². The van der Waals surface area contributed by atoms with Gasteiger partial charge in [-0.25, -0.2) is 9.97 Å². The van der Waals surface area contributed by atoms with E-state index in [-0.39, 0.29) is 0 Å². The zero-order valence-electron chi connectivity index (χ0n) is 11.7. The lowest BCUT2D eigenvalue weighted by atomic mass is 10.2. The normalized spacial score (nSPS) is 11.0. The van der Waals surface area contributed by atoms with Crippen molar-refractivity contribution in [3.63, 3.8) is 0 Å². The predicted molar refractivity (Wildman–Crippen MR) is 79.8 cm³/mol. The van der Waals surface area contributed by atoms with Crippen LogP contribution in [0.5, 0.6) is 0 Å². The van der Waals surface area contributed by atoms with Gasteiger partial charge in [-0.1, -0.05) is 30.3 Å². The van der Waals surface area contributed by atoms with Gasteiger partial charge in [0.15, 0.2) is 5.82 Å². The van der Waals surface area contributed by atoms with Crippen molar-refractivity contribution < 1.29 is 0 Å². The van der Waals surface area contributed by atoms with Crippen molar-refractivity contribution in [2.24, 2.45) is 0 Å². The smallest absolute Gasteiger partial charge is 0.245 e. The minimum atomic E-state index is 0.467. The lowest BCUT2D eigenvalue weighted by molar-refractivity contribution is 0.851. The standard InChI is InChI=1S/C15H11N7/c1-10-13(12-7-8-16-9-17-12)19-20-15-18-14(21-22(10)15)11-5-3-2-4-6-11/h2-9H,1H3. The Bertz CT molecular complexity index is 932. The lowest BCUT2D eigenvalue weighted by Crippen LogP contribution is -2.03. The van der Waals surface area contributed by atoms with Crippen molar-refractivity contribution in [3.8, 4) is 22.8 Å². The fraction of sp³-hybridized carbons (Fsp3) is 0.0667. The molecule has 0 amide bonds. The van der Waals surface area contributed by atoms with E-state index in [0.29, 0.717) is 23.0 Å². The molecule has 7 nitrogen and oxygen atoms in total. The molecular weight excluding hydrogens is 278 g/mol. The molecule has 0 saturated heterocycles. The fourth-order valence-electron chi connectivity index (χ4n) is 2.24. The van der Waals surface area contributed by atoms with E-state index in [4.69, 9.17) is 0 Å². The number of fused-ring (bicyclic) bond motifs is 1. The van der Waals surface area contributed by atoms with E-state index in [1.54, 1.807) is 16.8 Å². The highest BCUT2D eigenvalue weighted by atomic mass is 15.4. The van der Waals surface area contributed by atoms with E-state index in [0.717, 1.165) is 11.3 Å².